The van der Waals surface area contributed by atoms with Gasteiger partial charge >= 0.3 is 0 Å². The molecule has 0 spiro atoms. The van der Waals surface area contributed by atoms with Crippen LogP contribution in [0.1, 0.15) is 21.5 Å². The van der Waals surface area contributed by atoms with Crippen LogP contribution in [0, 0.1) is 17.0 Å². The Hall–Kier alpha value is -2.76. The Morgan fingerprint density at radius 2 is 2.14 bits per heavy atom. The van der Waals surface area contributed by atoms with Crippen LogP contribution in [0.5, 0.6) is 0 Å². The van der Waals surface area contributed by atoms with Crippen molar-refractivity contribution in [3.8, 4) is 0 Å². The van der Waals surface area contributed by atoms with Crippen molar-refractivity contribution >= 4 is 11.6 Å². The minimum atomic E-state index is -0.455. The van der Waals surface area contributed by atoms with Gasteiger partial charge < -0.3 is 4.90 Å². The molecule has 0 atom stereocenters. The quantitative estimate of drug-likeness (QED) is 0.639. The van der Waals surface area contributed by atoms with E-state index in [0.717, 1.165) is 5.56 Å². The second-order valence-corrected chi connectivity index (χ2v) is 4.78. The van der Waals surface area contributed by atoms with Crippen LogP contribution in [0.15, 0.2) is 42.7 Å². The van der Waals surface area contributed by atoms with Crippen molar-refractivity contribution < 1.29 is 9.72 Å². The highest BCUT2D eigenvalue weighted by Crippen LogP contribution is 2.19. The summed E-state index contributed by atoms with van der Waals surface area (Å²) in [4.78, 5) is 28.2. The van der Waals surface area contributed by atoms with Crippen molar-refractivity contribution in [1.82, 2.24) is 9.88 Å². The van der Waals surface area contributed by atoms with Gasteiger partial charge in [0.1, 0.15) is 0 Å². The minimum absolute atomic E-state index is 0.0152. The molecule has 1 aromatic heterocycles. The number of aromatic nitrogens is 1. The third kappa shape index (κ3) is 3.42. The van der Waals surface area contributed by atoms with Gasteiger partial charge in [0.05, 0.1) is 4.92 Å². The highest BCUT2D eigenvalue weighted by Gasteiger charge is 2.16. The molecule has 0 fully saturated rings. The van der Waals surface area contributed by atoms with Gasteiger partial charge in [0.15, 0.2) is 0 Å². The average Bonchev–Trinajstić information content (AvgIpc) is 2.47. The Balaban J connectivity index is 2.16. The molecule has 0 unspecified atom stereocenters. The van der Waals surface area contributed by atoms with Gasteiger partial charge in [-0.2, -0.15) is 0 Å². The zero-order valence-corrected chi connectivity index (χ0v) is 11.8. The Bertz CT molecular complexity index is 671. The number of benzene rings is 1. The van der Waals surface area contributed by atoms with E-state index in [-0.39, 0.29) is 11.6 Å². The van der Waals surface area contributed by atoms with Crippen molar-refractivity contribution in [1.29, 1.82) is 0 Å². The third-order valence-electron chi connectivity index (χ3n) is 3.13. The lowest BCUT2D eigenvalue weighted by atomic mass is 10.1. The molecule has 2 aromatic rings. The van der Waals surface area contributed by atoms with Crippen LogP contribution >= 0.6 is 0 Å². The number of hydrogen-bond acceptors (Lipinski definition) is 4. The van der Waals surface area contributed by atoms with Crippen molar-refractivity contribution in [3.05, 3.63) is 69.5 Å². The standard InChI is InChI=1S/C15H15N3O3/c1-11-8-13(5-6-14(11)18(20)21)15(19)17(2)10-12-4-3-7-16-9-12/h3-9H,10H2,1-2H3. The second kappa shape index (κ2) is 6.13. The lowest BCUT2D eigenvalue weighted by Crippen LogP contribution is -2.26. The van der Waals surface area contributed by atoms with E-state index in [4.69, 9.17) is 0 Å². The van der Waals surface area contributed by atoms with E-state index in [0.29, 0.717) is 17.7 Å². The van der Waals surface area contributed by atoms with Crippen molar-refractivity contribution in [2.24, 2.45) is 0 Å². The maximum Gasteiger partial charge on any atom is 0.272 e. The summed E-state index contributed by atoms with van der Waals surface area (Å²) in [7, 11) is 1.69. The summed E-state index contributed by atoms with van der Waals surface area (Å²) in [6, 6.07) is 8.08. The van der Waals surface area contributed by atoms with E-state index >= 15 is 0 Å². The normalized spacial score (nSPS) is 10.2. The molecule has 2 rings (SSSR count). The van der Waals surface area contributed by atoms with Crippen LogP contribution in [0.2, 0.25) is 0 Å². The first-order valence-electron chi connectivity index (χ1n) is 6.38. The van der Waals surface area contributed by atoms with Gasteiger partial charge in [0, 0.05) is 43.2 Å². The zero-order valence-electron chi connectivity index (χ0n) is 11.8. The highest BCUT2D eigenvalue weighted by molar-refractivity contribution is 5.94. The van der Waals surface area contributed by atoms with Gasteiger partial charge in [0.25, 0.3) is 11.6 Å². The third-order valence-corrected chi connectivity index (χ3v) is 3.13. The van der Waals surface area contributed by atoms with Crippen LogP contribution in [0.3, 0.4) is 0 Å². The predicted molar refractivity (Wildman–Crippen MR) is 77.9 cm³/mol. The molecule has 6 nitrogen and oxygen atoms in total. The first-order valence-corrected chi connectivity index (χ1v) is 6.38. The Morgan fingerprint density at radius 3 is 2.71 bits per heavy atom. The van der Waals surface area contributed by atoms with Gasteiger partial charge in [-0.25, -0.2) is 0 Å². The van der Waals surface area contributed by atoms with Crippen molar-refractivity contribution in [2.45, 2.75) is 13.5 Å². The first-order chi connectivity index (χ1) is 9.99. The number of carbonyl (C=O) groups is 1. The number of rotatable bonds is 4. The van der Waals surface area contributed by atoms with E-state index in [1.807, 2.05) is 12.1 Å². The SMILES string of the molecule is Cc1cc(C(=O)N(C)Cc2cccnc2)ccc1[N+](=O)[O-]. The molecule has 1 aromatic carbocycles. The molecule has 0 aliphatic carbocycles. The summed E-state index contributed by atoms with van der Waals surface area (Å²) in [5.74, 6) is -0.183. The molecular formula is C15H15N3O3. The van der Waals surface area contributed by atoms with Crippen molar-refractivity contribution in [3.63, 3.8) is 0 Å². The van der Waals surface area contributed by atoms with Gasteiger partial charge in [-0.1, -0.05) is 6.07 Å². The number of nitrogens with zero attached hydrogens (tertiary/aromatic N) is 3. The molecule has 0 N–H and O–H groups in total. The summed E-state index contributed by atoms with van der Waals surface area (Å²) in [6.45, 7) is 2.05. The Kier molecular flexibility index (Phi) is 4.27. The van der Waals surface area contributed by atoms with Crippen LogP contribution in [0.4, 0.5) is 5.69 Å². The summed E-state index contributed by atoms with van der Waals surface area (Å²) in [5, 5.41) is 10.8. The number of carbonyl (C=O) groups excluding carboxylic acids is 1. The summed E-state index contributed by atoms with van der Waals surface area (Å²) in [6.07, 6.45) is 3.37. The van der Waals surface area contributed by atoms with Gasteiger partial charge in [-0.3, -0.25) is 19.9 Å². The van der Waals surface area contributed by atoms with E-state index < -0.39 is 4.92 Å². The molecule has 0 saturated heterocycles. The Labute approximate surface area is 122 Å². The highest BCUT2D eigenvalue weighted by atomic mass is 16.6. The first kappa shape index (κ1) is 14.6. The van der Waals surface area contributed by atoms with E-state index in [1.165, 1.54) is 12.1 Å². The molecule has 0 aliphatic heterocycles. The smallest absolute Gasteiger partial charge is 0.272 e. The fourth-order valence-electron chi connectivity index (χ4n) is 2.05. The van der Waals surface area contributed by atoms with Gasteiger partial charge in [-0.15, -0.1) is 0 Å². The minimum Gasteiger partial charge on any atom is -0.337 e. The topological polar surface area (TPSA) is 76.3 Å². The largest absolute Gasteiger partial charge is 0.337 e. The summed E-state index contributed by atoms with van der Waals surface area (Å²) in [5.41, 5.74) is 1.85. The molecule has 0 saturated carbocycles. The van der Waals surface area contributed by atoms with Crippen LogP contribution in [-0.2, 0) is 6.54 Å². The van der Waals surface area contributed by atoms with E-state index in [9.17, 15) is 14.9 Å². The maximum absolute atomic E-state index is 12.3. The molecular weight excluding hydrogens is 270 g/mol. The number of pyridine rings is 1. The Morgan fingerprint density at radius 1 is 1.38 bits per heavy atom. The van der Waals surface area contributed by atoms with Gasteiger partial charge in [0.2, 0.25) is 0 Å². The monoisotopic (exact) mass is 285 g/mol. The van der Waals surface area contributed by atoms with Gasteiger partial charge in [-0.05, 0) is 30.7 Å². The lowest BCUT2D eigenvalue weighted by molar-refractivity contribution is -0.385. The lowest BCUT2D eigenvalue weighted by Gasteiger charge is -2.17. The molecule has 108 valence electrons. The van der Waals surface area contributed by atoms with E-state index in [1.54, 1.807) is 37.3 Å². The number of nitro benzene ring substituents is 1. The summed E-state index contributed by atoms with van der Waals surface area (Å²) < 4.78 is 0. The van der Waals surface area contributed by atoms with E-state index in [2.05, 4.69) is 4.98 Å². The number of amides is 1. The fourth-order valence-corrected chi connectivity index (χ4v) is 2.05. The van der Waals surface area contributed by atoms with Crippen molar-refractivity contribution in [2.75, 3.05) is 7.05 Å². The predicted octanol–water partition coefficient (Wildman–Crippen LogP) is 2.57. The molecule has 1 heterocycles. The number of nitro groups is 1. The van der Waals surface area contributed by atoms with Crippen LogP contribution in [0.25, 0.3) is 0 Å². The average molecular weight is 285 g/mol. The molecule has 6 heteroatoms. The zero-order chi connectivity index (χ0) is 15.4. The molecule has 1 amide bonds. The second-order valence-electron chi connectivity index (χ2n) is 4.78. The number of hydrogen-bond donors (Lipinski definition) is 0. The fraction of sp³-hybridized carbons (Fsp3) is 0.200. The molecule has 0 bridgehead atoms. The van der Waals surface area contributed by atoms with Crippen LogP contribution in [-0.4, -0.2) is 27.8 Å². The molecule has 0 aliphatic rings. The molecule has 21 heavy (non-hydrogen) atoms. The van der Waals surface area contributed by atoms with Crippen LogP contribution < -0.4 is 0 Å². The molecule has 0 radical (unpaired) electrons. The summed E-state index contributed by atoms with van der Waals surface area (Å²) >= 11 is 0. The number of aryl methyl sites for hydroxylation is 1. The maximum atomic E-state index is 12.3.